The van der Waals surface area contributed by atoms with Crippen molar-refractivity contribution in [3.05, 3.63) is 35.5 Å². The minimum Gasteiger partial charge on any atom is -0.361 e. The van der Waals surface area contributed by atoms with Crippen molar-refractivity contribution < 1.29 is 4.79 Å². The zero-order valence-corrected chi connectivity index (χ0v) is 19.5. The number of likely N-dealkylation sites (tertiary alicyclic amines) is 1. The highest BCUT2D eigenvalue weighted by Crippen LogP contribution is 2.22. The summed E-state index contributed by atoms with van der Waals surface area (Å²) in [6.45, 7) is 8.40. The molecule has 3 N–H and O–H groups in total. The maximum Gasteiger partial charge on any atom is 0.243 e. The molecule has 2 aromatic rings. The molecule has 0 spiro atoms. The number of rotatable bonds is 9. The number of likely N-dealkylation sites (N-methyl/N-ethyl adjacent to an activating group) is 2. The summed E-state index contributed by atoms with van der Waals surface area (Å²) in [5.41, 5.74) is 3.89. The van der Waals surface area contributed by atoms with Gasteiger partial charge in [-0.3, -0.25) is 9.69 Å². The van der Waals surface area contributed by atoms with Crippen molar-refractivity contribution in [2.75, 3.05) is 46.8 Å². The van der Waals surface area contributed by atoms with Gasteiger partial charge in [0.2, 0.25) is 5.91 Å². The molecule has 7 nitrogen and oxygen atoms in total. The van der Waals surface area contributed by atoms with Crippen LogP contribution in [0.4, 0.5) is 0 Å². The minimum atomic E-state index is 0.000810. The number of aliphatic imine (C=N–C) groups is 1. The molecule has 1 fully saturated rings. The summed E-state index contributed by atoms with van der Waals surface area (Å²) in [6.07, 6.45) is 6.48. The van der Waals surface area contributed by atoms with Crippen molar-refractivity contribution in [3.63, 3.8) is 0 Å². The number of nitrogens with one attached hydrogen (secondary N) is 3. The summed E-state index contributed by atoms with van der Waals surface area (Å²) < 4.78 is 0. The lowest BCUT2D eigenvalue weighted by Gasteiger charge is -2.24. The average Bonchev–Trinajstić information content (AvgIpc) is 3.41. The predicted molar refractivity (Wildman–Crippen MR) is 129 cm³/mol. The number of para-hydroxylation sites is 1. The van der Waals surface area contributed by atoms with Crippen LogP contribution in [0, 0.1) is 0 Å². The van der Waals surface area contributed by atoms with Gasteiger partial charge in [-0.05, 0) is 49.9 Å². The molecule has 170 valence electrons. The lowest BCUT2D eigenvalue weighted by Crippen LogP contribution is -2.45. The van der Waals surface area contributed by atoms with Crippen LogP contribution in [0.25, 0.3) is 10.9 Å². The van der Waals surface area contributed by atoms with Crippen molar-refractivity contribution >= 4 is 22.8 Å². The molecule has 31 heavy (non-hydrogen) atoms. The Kier molecular flexibility index (Phi) is 8.35. The molecule has 1 aromatic carbocycles. The number of benzene rings is 1. The summed E-state index contributed by atoms with van der Waals surface area (Å²) in [4.78, 5) is 24.1. The van der Waals surface area contributed by atoms with Gasteiger partial charge in [-0.15, -0.1) is 0 Å². The van der Waals surface area contributed by atoms with E-state index in [1.54, 1.807) is 19.0 Å². The molecule has 0 radical (unpaired) electrons. The van der Waals surface area contributed by atoms with Crippen molar-refractivity contribution in [1.82, 2.24) is 25.4 Å². The number of nitrogens with zero attached hydrogens (tertiary/aromatic N) is 3. The van der Waals surface area contributed by atoms with Crippen molar-refractivity contribution in [2.45, 2.75) is 45.6 Å². The summed E-state index contributed by atoms with van der Waals surface area (Å²) in [5, 5.41) is 8.20. The number of aromatic amines is 1. The second kappa shape index (κ2) is 11.2. The highest BCUT2D eigenvalue weighted by molar-refractivity contribution is 5.86. The second-order valence-corrected chi connectivity index (χ2v) is 8.44. The maximum atomic E-state index is 12.0. The van der Waals surface area contributed by atoms with E-state index in [-0.39, 0.29) is 12.5 Å². The number of aromatic nitrogens is 1. The largest absolute Gasteiger partial charge is 0.361 e. The third-order valence-corrected chi connectivity index (χ3v) is 6.24. The topological polar surface area (TPSA) is 75.8 Å². The third kappa shape index (κ3) is 6.00. The summed E-state index contributed by atoms with van der Waals surface area (Å²) in [5.74, 6) is 0.716. The standard InChI is InChI=1S/C24H38N6O/c1-5-18-9-7-11-21-19(15-26-23(18)21)12-13-25-24(28-17-22(31)29(3)4)27-16-20-10-8-14-30(20)6-2/h7,9,11,15,20,26H,5-6,8,10,12-14,16-17H2,1-4H3,(H2,25,27,28). The van der Waals surface area contributed by atoms with Crippen LogP contribution in [-0.2, 0) is 17.6 Å². The Morgan fingerprint density at radius 3 is 2.84 bits per heavy atom. The van der Waals surface area contributed by atoms with E-state index in [0.29, 0.717) is 12.0 Å². The predicted octanol–water partition coefficient (Wildman–Crippen LogP) is 2.38. The smallest absolute Gasteiger partial charge is 0.243 e. The maximum absolute atomic E-state index is 12.0. The first-order valence-corrected chi connectivity index (χ1v) is 11.6. The summed E-state index contributed by atoms with van der Waals surface area (Å²) >= 11 is 0. The monoisotopic (exact) mass is 426 g/mol. The molecule has 1 aliphatic rings. The fraction of sp³-hybridized carbons (Fsp3) is 0.583. The van der Waals surface area contributed by atoms with Gasteiger partial charge in [0.05, 0.1) is 0 Å². The average molecular weight is 427 g/mol. The van der Waals surface area contributed by atoms with Gasteiger partial charge in [0.1, 0.15) is 6.54 Å². The molecular weight excluding hydrogens is 388 g/mol. The molecule has 2 heterocycles. The van der Waals surface area contributed by atoms with Crippen LogP contribution in [0.3, 0.4) is 0 Å². The van der Waals surface area contributed by atoms with E-state index in [4.69, 9.17) is 0 Å². The van der Waals surface area contributed by atoms with Crippen LogP contribution >= 0.6 is 0 Å². The third-order valence-electron chi connectivity index (χ3n) is 6.24. The number of aryl methyl sites for hydroxylation is 1. The van der Waals surface area contributed by atoms with E-state index in [9.17, 15) is 4.79 Å². The number of carbonyl (C=O) groups is 1. The lowest BCUT2D eigenvalue weighted by atomic mass is 10.1. The molecule has 3 rings (SSSR count). The molecule has 7 heteroatoms. The van der Waals surface area contributed by atoms with E-state index >= 15 is 0 Å². The van der Waals surface area contributed by atoms with Crippen LogP contribution < -0.4 is 10.6 Å². The quantitative estimate of drug-likeness (QED) is 0.425. The van der Waals surface area contributed by atoms with Gasteiger partial charge in [0, 0.05) is 50.3 Å². The first-order valence-electron chi connectivity index (χ1n) is 11.6. The molecule has 1 aliphatic heterocycles. The van der Waals surface area contributed by atoms with Crippen LogP contribution in [-0.4, -0.2) is 79.5 Å². The Labute approximate surface area is 186 Å². The van der Waals surface area contributed by atoms with Gasteiger partial charge in [0.25, 0.3) is 0 Å². The van der Waals surface area contributed by atoms with E-state index in [1.807, 2.05) is 0 Å². The molecule has 1 aromatic heterocycles. The summed E-state index contributed by atoms with van der Waals surface area (Å²) in [6, 6.07) is 7.03. The van der Waals surface area contributed by atoms with Gasteiger partial charge in [-0.25, -0.2) is 4.99 Å². The summed E-state index contributed by atoms with van der Waals surface area (Å²) in [7, 11) is 3.52. The van der Waals surface area contributed by atoms with Crippen molar-refractivity contribution in [1.29, 1.82) is 0 Å². The Hall–Kier alpha value is -2.54. The highest BCUT2D eigenvalue weighted by atomic mass is 16.2. The number of carbonyl (C=O) groups excluding carboxylic acids is 1. The van der Waals surface area contributed by atoms with Crippen LogP contribution in [0.15, 0.2) is 29.4 Å². The molecule has 1 saturated heterocycles. The molecule has 0 bridgehead atoms. The SMILES string of the molecule is CCc1cccc2c(CCNC(=NCC(=O)N(C)C)NCC3CCCN3CC)c[nH]c12. The number of hydrogen-bond donors (Lipinski definition) is 3. The molecule has 1 unspecified atom stereocenters. The minimum absolute atomic E-state index is 0.000810. The Morgan fingerprint density at radius 1 is 1.26 bits per heavy atom. The molecule has 1 atom stereocenters. The van der Waals surface area contributed by atoms with Gasteiger partial charge < -0.3 is 20.5 Å². The Bertz CT molecular complexity index is 887. The Morgan fingerprint density at radius 2 is 2.10 bits per heavy atom. The lowest BCUT2D eigenvalue weighted by molar-refractivity contribution is -0.127. The molecule has 1 amide bonds. The molecule has 0 saturated carbocycles. The van der Waals surface area contributed by atoms with Crippen molar-refractivity contribution in [3.8, 4) is 0 Å². The number of amides is 1. The number of hydrogen-bond acceptors (Lipinski definition) is 3. The van der Waals surface area contributed by atoms with Gasteiger partial charge in [0.15, 0.2) is 5.96 Å². The van der Waals surface area contributed by atoms with E-state index in [2.05, 4.69) is 63.8 Å². The first kappa shape index (κ1) is 23.1. The van der Waals surface area contributed by atoms with Crippen molar-refractivity contribution in [2.24, 2.45) is 4.99 Å². The van der Waals surface area contributed by atoms with Crippen LogP contribution in [0.1, 0.15) is 37.8 Å². The number of guanidine groups is 1. The molecular formula is C24H38N6O. The second-order valence-electron chi connectivity index (χ2n) is 8.44. The first-order chi connectivity index (χ1) is 15.0. The Balaban J connectivity index is 1.61. The fourth-order valence-electron chi connectivity index (χ4n) is 4.31. The van der Waals surface area contributed by atoms with Crippen LogP contribution in [0.5, 0.6) is 0 Å². The number of fused-ring (bicyclic) bond motifs is 1. The van der Waals surface area contributed by atoms with Gasteiger partial charge in [-0.1, -0.05) is 32.0 Å². The van der Waals surface area contributed by atoms with E-state index < -0.39 is 0 Å². The van der Waals surface area contributed by atoms with Crippen LogP contribution in [0.2, 0.25) is 0 Å². The molecule has 0 aliphatic carbocycles. The fourth-order valence-corrected chi connectivity index (χ4v) is 4.31. The normalized spacial score (nSPS) is 17.3. The zero-order valence-electron chi connectivity index (χ0n) is 19.5. The van der Waals surface area contributed by atoms with Gasteiger partial charge >= 0.3 is 0 Å². The van der Waals surface area contributed by atoms with Gasteiger partial charge in [-0.2, -0.15) is 0 Å². The van der Waals surface area contributed by atoms with E-state index in [0.717, 1.165) is 32.5 Å². The highest BCUT2D eigenvalue weighted by Gasteiger charge is 2.22. The number of H-pyrrole nitrogens is 1. The zero-order chi connectivity index (χ0) is 22.2. The van der Waals surface area contributed by atoms with E-state index in [1.165, 1.54) is 41.4 Å².